The summed E-state index contributed by atoms with van der Waals surface area (Å²) in [6, 6.07) is 11.9. The third-order valence-electron chi connectivity index (χ3n) is 3.01. The highest BCUT2D eigenvalue weighted by Gasteiger charge is 2.12. The van der Waals surface area contributed by atoms with Crippen LogP contribution in [0.25, 0.3) is 0 Å². The molecule has 1 aliphatic rings. The molecule has 1 aliphatic heterocycles. The molecule has 0 amide bonds. The maximum atomic E-state index is 5.65. The molecule has 5 nitrogen and oxygen atoms in total. The summed E-state index contributed by atoms with van der Waals surface area (Å²) in [6.07, 6.45) is 1.74. The Bertz CT molecular complexity index is 526. The van der Waals surface area contributed by atoms with Gasteiger partial charge in [0, 0.05) is 32.4 Å². The van der Waals surface area contributed by atoms with E-state index in [2.05, 4.69) is 20.2 Å². The van der Waals surface area contributed by atoms with Gasteiger partial charge in [-0.3, -0.25) is 0 Å². The van der Waals surface area contributed by atoms with E-state index in [-0.39, 0.29) is 0 Å². The van der Waals surface area contributed by atoms with E-state index in [4.69, 9.17) is 4.74 Å². The van der Waals surface area contributed by atoms with Crippen LogP contribution in [0.5, 0.6) is 11.8 Å². The molecule has 0 aliphatic carbocycles. The van der Waals surface area contributed by atoms with Crippen molar-refractivity contribution in [1.82, 2.24) is 15.3 Å². The lowest BCUT2D eigenvalue weighted by Crippen LogP contribution is -2.43. The number of para-hydroxylation sites is 1. The SMILES string of the molecule is c1ccc(Oc2nccc(N3CCNCC3)n2)cc1. The van der Waals surface area contributed by atoms with Crippen LogP contribution < -0.4 is 15.0 Å². The van der Waals surface area contributed by atoms with E-state index < -0.39 is 0 Å². The summed E-state index contributed by atoms with van der Waals surface area (Å²) in [5, 5.41) is 3.32. The second-order valence-electron chi connectivity index (χ2n) is 4.35. The maximum Gasteiger partial charge on any atom is 0.323 e. The summed E-state index contributed by atoms with van der Waals surface area (Å²) in [7, 11) is 0. The highest BCUT2D eigenvalue weighted by atomic mass is 16.5. The highest BCUT2D eigenvalue weighted by Crippen LogP contribution is 2.19. The number of piperazine rings is 1. The van der Waals surface area contributed by atoms with E-state index in [1.165, 1.54) is 0 Å². The molecule has 1 fully saturated rings. The molecule has 5 heteroatoms. The fourth-order valence-corrected chi connectivity index (χ4v) is 2.04. The van der Waals surface area contributed by atoms with Gasteiger partial charge in [-0.15, -0.1) is 0 Å². The lowest BCUT2D eigenvalue weighted by molar-refractivity contribution is 0.440. The quantitative estimate of drug-likeness (QED) is 0.905. The van der Waals surface area contributed by atoms with Gasteiger partial charge in [0.15, 0.2) is 0 Å². The fraction of sp³-hybridized carbons (Fsp3) is 0.286. The van der Waals surface area contributed by atoms with E-state index in [0.29, 0.717) is 6.01 Å². The van der Waals surface area contributed by atoms with Gasteiger partial charge < -0.3 is 15.0 Å². The minimum atomic E-state index is 0.391. The molecule has 98 valence electrons. The first-order chi connectivity index (χ1) is 9.42. The summed E-state index contributed by atoms with van der Waals surface area (Å²) in [4.78, 5) is 10.8. The second-order valence-corrected chi connectivity index (χ2v) is 4.35. The van der Waals surface area contributed by atoms with Crippen LogP contribution in [-0.2, 0) is 0 Å². The molecule has 2 heterocycles. The average molecular weight is 256 g/mol. The normalized spacial score (nSPS) is 15.3. The minimum absolute atomic E-state index is 0.391. The lowest BCUT2D eigenvalue weighted by Gasteiger charge is -2.28. The zero-order chi connectivity index (χ0) is 12.9. The maximum absolute atomic E-state index is 5.65. The van der Waals surface area contributed by atoms with E-state index in [1.807, 2.05) is 36.4 Å². The number of hydrogen-bond acceptors (Lipinski definition) is 5. The third kappa shape index (κ3) is 3.00. The topological polar surface area (TPSA) is 50.3 Å². The Morgan fingerprint density at radius 2 is 1.84 bits per heavy atom. The summed E-state index contributed by atoms with van der Waals surface area (Å²) < 4.78 is 5.65. The first-order valence-corrected chi connectivity index (χ1v) is 6.43. The summed E-state index contributed by atoms with van der Waals surface area (Å²) in [6.45, 7) is 3.89. The standard InChI is InChI=1S/C14H16N4O/c1-2-4-12(5-3-1)19-14-16-7-6-13(17-14)18-10-8-15-9-11-18/h1-7,15H,8-11H2. The Hall–Kier alpha value is -2.14. The minimum Gasteiger partial charge on any atom is -0.424 e. The smallest absolute Gasteiger partial charge is 0.323 e. The van der Waals surface area contributed by atoms with Crippen molar-refractivity contribution in [3.8, 4) is 11.8 Å². The largest absolute Gasteiger partial charge is 0.424 e. The molecule has 1 N–H and O–H groups in total. The fourth-order valence-electron chi connectivity index (χ4n) is 2.04. The molecule has 1 aromatic carbocycles. The van der Waals surface area contributed by atoms with Crippen molar-refractivity contribution >= 4 is 5.82 Å². The van der Waals surface area contributed by atoms with Crippen molar-refractivity contribution in [1.29, 1.82) is 0 Å². The van der Waals surface area contributed by atoms with Crippen molar-refractivity contribution in [3.63, 3.8) is 0 Å². The van der Waals surface area contributed by atoms with Crippen LogP contribution in [0.2, 0.25) is 0 Å². The van der Waals surface area contributed by atoms with Crippen LogP contribution in [0.15, 0.2) is 42.6 Å². The monoisotopic (exact) mass is 256 g/mol. The van der Waals surface area contributed by atoms with Crippen LogP contribution in [0, 0.1) is 0 Å². The summed E-state index contributed by atoms with van der Waals surface area (Å²) >= 11 is 0. The molecule has 19 heavy (non-hydrogen) atoms. The van der Waals surface area contributed by atoms with E-state index in [0.717, 1.165) is 37.7 Å². The van der Waals surface area contributed by atoms with Gasteiger partial charge in [-0.25, -0.2) is 4.98 Å². The number of benzene rings is 1. The first kappa shape index (κ1) is 11.9. The van der Waals surface area contributed by atoms with Gasteiger partial charge in [0.2, 0.25) is 0 Å². The van der Waals surface area contributed by atoms with Gasteiger partial charge in [0.25, 0.3) is 0 Å². The van der Waals surface area contributed by atoms with Gasteiger partial charge in [-0.05, 0) is 18.2 Å². The van der Waals surface area contributed by atoms with Gasteiger partial charge in [0.05, 0.1) is 0 Å². The van der Waals surface area contributed by atoms with Gasteiger partial charge in [0.1, 0.15) is 11.6 Å². The van der Waals surface area contributed by atoms with Crippen LogP contribution in [0.3, 0.4) is 0 Å². The zero-order valence-corrected chi connectivity index (χ0v) is 10.6. The number of ether oxygens (including phenoxy) is 1. The molecular formula is C14H16N4O. The number of rotatable bonds is 3. The van der Waals surface area contributed by atoms with E-state index in [1.54, 1.807) is 6.20 Å². The van der Waals surface area contributed by atoms with Crippen molar-refractivity contribution in [2.75, 3.05) is 31.1 Å². The van der Waals surface area contributed by atoms with Crippen LogP contribution >= 0.6 is 0 Å². The lowest BCUT2D eigenvalue weighted by atomic mass is 10.3. The highest BCUT2D eigenvalue weighted by molar-refractivity contribution is 5.39. The van der Waals surface area contributed by atoms with Crippen LogP contribution in [0.1, 0.15) is 0 Å². The van der Waals surface area contributed by atoms with Crippen molar-refractivity contribution in [3.05, 3.63) is 42.6 Å². The molecule has 0 spiro atoms. The van der Waals surface area contributed by atoms with Crippen molar-refractivity contribution < 1.29 is 4.74 Å². The average Bonchev–Trinajstić information content (AvgIpc) is 2.49. The van der Waals surface area contributed by atoms with Gasteiger partial charge in [-0.2, -0.15) is 4.98 Å². The first-order valence-electron chi connectivity index (χ1n) is 6.43. The molecule has 0 unspecified atom stereocenters. The molecular weight excluding hydrogens is 240 g/mol. The van der Waals surface area contributed by atoms with Crippen LogP contribution in [-0.4, -0.2) is 36.1 Å². The Morgan fingerprint density at radius 3 is 2.63 bits per heavy atom. The Balaban J connectivity index is 1.76. The van der Waals surface area contributed by atoms with Crippen LogP contribution in [0.4, 0.5) is 5.82 Å². The van der Waals surface area contributed by atoms with Crippen molar-refractivity contribution in [2.45, 2.75) is 0 Å². The molecule has 0 bridgehead atoms. The molecule has 3 rings (SSSR count). The molecule has 0 saturated carbocycles. The number of aromatic nitrogens is 2. The number of nitrogens with one attached hydrogen (secondary N) is 1. The Morgan fingerprint density at radius 1 is 1.05 bits per heavy atom. The summed E-state index contributed by atoms with van der Waals surface area (Å²) in [5.41, 5.74) is 0. The predicted molar refractivity (Wildman–Crippen MR) is 73.6 cm³/mol. The number of nitrogens with zero attached hydrogens (tertiary/aromatic N) is 3. The van der Waals surface area contributed by atoms with Gasteiger partial charge >= 0.3 is 6.01 Å². The zero-order valence-electron chi connectivity index (χ0n) is 10.6. The third-order valence-corrected chi connectivity index (χ3v) is 3.01. The molecule has 0 atom stereocenters. The van der Waals surface area contributed by atoms with E-state index in [9.17, 15) is 0 Å². The molecule has 1 aromatic heterocycles. The van der Waals surface area contributed by atoms with Crippen molar-refractivity contribution in [2.24, 2.45) is 0 Å². The number of anilines is 1. The molecule has 2 aromatic rings. The molecule has 0 radical (unpaired) electrons. The molecule has 1 saturated heterocycles. The Kier molecular flexibility index (Phi) is 3.56. The number of hydrogen-bond donors (Lipinski definition) is 1. The van der Waals surface area contributed by atoms with E-state index >= 15 is 0 Å². The van der Waals surface area contributed by atoms with Gasteiger partial charge in [-0.1, -0.05) is 18.2 Å². The second kappa shape index (κ2) is 5.67. The predicted octanol–water partition coefficient (Wildman–Crippen LogP) is 1.68. The summed E-state index contributed by atoms with van der Waals surface area (Å²) in [5.74, 6) is 1.67. The Labute approximate surface area is 112 Å².